The molecule has 2 aromatic rings. The summed E-state index contributed by atoms with van der Waals surface area (Å²) in [5.74, 6) is 0.281. The summed E-state index contributed by atoms with van der Waals surface area (Å²) in [6, 6.07) is 12.4. The third-order valence-electron chi connectivity index (χ3n) is 5.42. The number of benzene rings is 2. The Morgan fingerprint density at radius 3 is 2.20 bits per heavy atom. The molecule has 0 bridgehead atoms. The van der Waals surface area contributed by atoms with Gasteiger partial charge in [0.05, 0.1) is 5.57 Å². The highest BCUT2D eigenvalue weighted by atomic mass is 16.3. The summed E-state index contributed by atoms with van der Waals surface area (Å²) in [7, 11) is 0. The van der Waals surface area contributed by atoms with Gasteiger partial charge in [-0.15, -0.1) is 0 Å². The molecule has 3 rings (SSSR count). The van der Waals surface area contributed by atoms with E-state index in [-0.39, 0.29) is 17.0 Å². The number of carbonyl (C=O) groups is 1. The lowest BCUT2D eigenvalue weighted by Crippen LogP contribution is -2.26. The Balaban J connectivity index is 2.33. The lowest BCUT2D eigenvalue weighted by molar-refractivity contribution is -0.115. The molecule has 0 saturated heterocycles. The van der Waals surface area contributed by atoms with Crippen LogP contribution in [0.5, 0.6) is 0 Å². The van der Waals surface area contributed by atoms with Crippen molar-refractivity contribution in [1.82, 2.24) is 0 Å². The van der Waals surface area contributed by atoms with Crippen LogP contribution >= 0.6 is 0 Å². The Morgan fingerprint density at radius 2 is 1.56 bits per heavy atom. The topological polar surface area (TPSA) is 37.3 Å². The Hall–Kier alpha value is -2.35. The average Bonchev–Trinajstić information content (AvgIpc) is 2.55. The van der Waals surface area contributed by atoms with Gasteiger partial charge in [-0.2, -0.15) is 0 Å². The number of hydrogen-bond acceptors (Lipinski definition) is 2. The molecule has 0 radical (unpaired) electrons. The van der Waals surface area contributed by atoms with Gasteiger partial charge in [-0.25, -0.2) is 0 Å². The van der Waals surface area contributed by atoms with Crippen molar-refractivity contribution in [2.45, 2.75) is 47.5 Å². The first-order valence-corrected chi connectivity index (χ1v) is 8.87. The number of rotatable bonds is 2. The van der Waals surface area contributed by atoms with E-state index in [1.807, 2.05) is 39.0 Å². The molecule has 0 atom stereocenters. The number of aliphatic hydroxyl groups is 1. The quantitative estimate of drug-likeness (QED) is 0.738. The van der Waals surface area contributed by atoms with E-state index >= 15 is 0 Å². The molecule has 0 fully saturated rings. The number of aryl methyl sites for hydroxylation is 2. The van der Waals surface area contributed by atoms with Gasteiger partial charge in [0.25, 0.3) is 0 Å². The third kappa shape index (κ3) is 2.90. The predicted molar refractivity (Wildman–Crippen MR) is 104 cm³/mol. The zero-order chi connectivity index (χ0) is 18.4. The normalized spacial score (nSPS) is 17.1. The van der Waals surface area contributed by atoms with Crippen LogP contribution in [-0.2, 0) is 4.79 Å². The van der Waals surface area contributed by atoms with Crippen molar-refractivity contribution in [3.63, 3.8) is 0 Å². The number of ketones is 1. The summed E-state index contributed by atoms with van der Waals surface area (Å²) in [4.78, 5) is 12.7. The second-order valence-corrected chi connectivity index (χ2v) is 7.78. The highest BCUT2D eigenvalue weighted by Gasteiger charge is 2.36. The third-order valence-corrected chi connectivity index (χ3v) is 5.42. The van der Waals surface area contributed by atoms with E-state index in [1.54, 1.807) is 0 Å². The van der Waals surface area contributed by atoms with Gasteiger partial charge in [0, 0.05) is 11.8 Å². The fourth-order valence-corrected chi connectivity index (χ4v) is 4.02. The lowest BCUT2D eigenvalue weighted by atomic mass is 9.73. The maximum Gasteiger partial charge on any atom is 0.166 e. The van der Waals surface area contributed by atoms with Gasteiger partial charge in [-0.3, -0.25) is 4.79 Å². The van der Waals surface area contributed by atoms with Gasteiger partial charge in [0.1, 0.15) is 5.76 Å². The van der Waals surface area contributed by atoms with Crippen LogP contribution in [-0.4, -0.2) is 10.9 Å². The van der Waals surface area contributed by atoms with Gasteiger partial charge >= 0.3 is 0 Å². The van der Waals surface area contributed by atoms with Crippen LogP contribution in [0, 0.1) is 26.2 Å². The van der Waals surface area contributed by atoms with Gasteiger partial charge in [0.2, 0.25) is 0 Å². The van der Waals surface area contributed by atoms with Crippen molar-refractivity contribution >= 4 is 11.4 Å². The fourth-order valence-electron chi connectivity index (χ4n) is 4.02. The average molecular weight is 334 g/mol. The summed E-state index contributed by atoms with van der Waals surface area (Å²) in [5.41, 5.74) is 6.65. The van der Waals surface area contributed by atoms with E-state index in [9.17, 15) is 9.90 Å². The maximum absolute atomic E-state index is 12.7. The molecule has 1 N–H and O–H groups in total. The van der Waals surface area contributed by atoms with Gasteiger partial charge in [-0.05, 0) is 60.6 Å². The van der Waals surface area contributed by atoms with E-state index in [1.165, 1.54) is 5.56 Å². The van der Waals surface area contributed by atoms with E-state index in [2.05, 4.69) is 32.0 Å². The summed E-state index contributed by atoms with van der Waals surface area (Å²) < 4.78 is 0. The molecule has 0 heterocycles. The standard InChI is InChI=1S/C23H26O2/c1-14-13-15(2)20(16(3)19(14)17-9-7-6-8-10-17)21-18(24)11-12-23(4,5)22(21)25/h6-10,13,25H,11-12H2,1-5H3. The number of carbonyl (C=O) groups excluding carboxylic acids is 1. The number of Topliss-reactive ketones (excluding diaryl/α,β-unsaturated/α-hetero) is 1. The lowest BCUT2D eigenvalue weighted by Gasteiger charge is -2.32. The van der Waals surface area contributed by atoms with Gasteiger partial charge in [0.15, 0.2) is 5.78 Å². The molecule has 130 valence electrons. The summed E-state index contributed by atoms with van der Waals surface area (Å²) in [5, 5.41) is 10.9. The summed E-state index contributed by atoms with van der Waals surface area (Å²) in [6.45, 7) is 10.2. The molecule has 0 saturated carbocycles. The number of hydrogen-bond donors (Lipinski definition) is 1. The molecule has 1 aliphatic rings. The molecule has 0 unspecified atom stereocenters. The molecular formula is C23H26O2. The Morgan fingerprint density at radius 1 is 0.960 bits per heavy atom. The zero-order valence-corrected chi connectivity index (χ0v) is 15.7. The molecule has 0 spiro atoms. The first-order valence-electron chi connectivity index (χ1n) is 8.87. The second kappa shape index (κ2) is 6.18. The Kier molecular flexibility index (Phi) is 4.32. The molecule has 1 aliphatic carbocycles. The minimum atomic E-state index is -0.361. The van der Waals surface area contributed by atoms with Crippen molar-refractivity contribution in [3.8, 4) is 11.1 Å². The van der Waals surface area contributed by atoms with Crippen LogP contribution in [0.2, 0.25) is 0 Å². The minimum Gasteiger partial charge on any atom is -0.511 e. The molecule has 0 aromatic heterocycles. The largest absolute Gasteiger partial charge is 0.511 e. The minimum absolute atomic E-state index is 0.0471. The van der Waals surface area contributed by atoms with Crippen molar-refractivity contribution < 1.29 is 9.90 Å². The molecule has 2 aromatic carbocycles. The SMILES string of the molecule is Cc1cc(C)c(-c2ccccc2)c(C)c1C1=C(O)C(C)(C)CCC1=O. The van der Waals surface area contributed by atoms with Crippen LogP contribution in [0.4, 0.5) is 0 Å². The van der Waals surface area contributed by atoms with Crippen molar-refractivity contribution in [2.75, 3.05) is 0 Å². The number of aliphatic hydroxyl groups excluding tert-OH is 1. The fraction of sp³-hybridized carbons (Fsp3) is 0.348. The van der Waals surface area contributed by atoms with Crippen LogP contribution < -0.4 is 0 Å². The van der Waals surface area contributed by atoms with Crippen LogP contribution in [0.15, 0.2) is 42.2 Å². The second-order valence-electron chi connectivity index (χ2n) is 7.78. The van der Waals surface area contributed by atoms with Gasteiger partial charge < -0.3 is 5.11 Å². The van der Waals surface area contributed by atoms with E-state index < -0.39 is 0 Å². The summed E-state index contributed by atoms with van der Waals surface area (Å²) in [6.07, 6.45) is 1.18. The number of allylic oxidation sites excluding steroid dienone is 2. The van der Waals surface area contributed by atoms with E-state index in [0.717, 1.165) is 27.8 Å². The van der Waals surface area contributed by atoms with Crippen molar-refractivity contribution in [2.24, 2.45) is 5.41 Å². The highest BCUT2D eigenvalue weighted by Crippen LogP contribution is 2.44. The zero-order valence-electron chi connectivity index (χ0n) is 15.7. The highest BCUT2D eigenvalue weighted by molar-refractivity contribution is 6.23. The van der Waals surface area contributed by atoms with Crippen molar-refractivity contribution in [1.29, 1.82) is 0 Å². The Bertz CT molecular complexity index is 871. The smallest absolute Gasteiger partial charge is 0.166 e. The van der Waals surface area contributed by atoms with Crippen LogP contribution in [0.3, 0.4) is 0 Å². The van der Waals surface area contributed by atoms with E-state index in [0.29, 0.717) is 18.4 Å². The van der Waals surface area contributed by atoms with Crippen molar-refractivity contribution in [3.05, 3.63) is 64.4 Å². The predicted octanol–water partition coefficient (Wildman–Crippen LogP) is 5.94. The molecule has 0 amide bonds. The van der Waals surface area contributed by atoms with Crippen LogP contribution in [0.1, 0.15) is 48.9 Å². The van der Waals surface area contributed by atoms with E-state index in [4.69, 9.17) is 0 Å². The maximum atomic E-state index is 12.7. The Labute approximate surface area is 150 Å². The molecular weight excluding hydrogens is 308 g/mol. The van der Waals surface area contributed by atoms with Crippen LogP contribution in [0.25, 0.3) is 16.7 Å². The molecule has 2 heteroatoms. The molecule has 2 nitrogen and oxygen atoms in total. The monoisotopic (exact) mass is 334 g/mol. The first-order chi connectivity index (χ1) is 11.7. The summed E-state index contributed by atoms with van der Waals surface area (Å²) >= 11 is 0. The van der Waals surface area contributed by atoms with Gasteiger partial charge in [-0.1, -0.05) is 50.2 Å². The molecule has 0 aliphatic heterocycles. The first kappa shape index (κ1) is 17.5. The molecule has 25 heavy (non-hydrogen) atoms.